The van der Waals surface area contributed by atoms with E-state index in [1.54, 1.807) is 6.07 Å². The van der Waals surface area contributed by atoms with Gasteiger partial charge in [0.15, 0.2) is 0 Å². The number of ether oxygens (including phenoxy) is 1. The average Bonchev–Trinajstić information content (AvgIpc) is 2.50. The standard InChI is InChI=1S/C17H16N2O/c18-15-10-16(20-11-12-6-2-1-3-7-12)13-8-4-5-9-14(13)17(15)19/h1-10H,11,18-19H2. The van der Waals surface area contributed by atoms with Gasteiger partial charge >= 0.3 is 0 Å². The molecule has 3 aromatic rings. The van der Waals surface area contributed by atoms with E-state index in [0.29, 0.717) is 18.0 Å². The van der Waals surface area contributed by atoms with Gasteiger partial charge in [-0.25, -0.2) is 0 Å². The molecule has 0 aromatic heterocycles. The van der Waals surface area contributed by atoms with E-state index in [9.17, 15) is 0 Å². The molecule has 3 aromatic carbocycles. The lowest BCUT2D eigenvalue weighted by Crippen LogP contribution is -2.00. The van der Waals surface area contributed by atoms with Crippen LogP contribution < -0.4 is 16.2 Å². The van der Waals surface area contributed by atoms with Crippen LogP contribution in [0.4, 0.5) is 11.4 Å². The first-order chi connectivity index (χ1) is 9.75. The molecular formula is C17H16N2O. The summed E-state index contributed by atoms with van der Waals surface area (Å²) >= 11 is 0. The smallest absolute Gasteiger partial charge is 0.129 e. The van der Waals surface area contributed by atoms with Crippen molar-refractivity contribution in [3.05, 3.63) is 66.2 Å². The van der Waals surface area contributed by atoms with Crippen molar-refractivity contribution in [3.8, 4) is 5.75 Å². The third kappa shape index (κ3) is 2.26. The largest absolute Gasteiger partial charge is 0.488 e. The summed E-state index contributed by atoms with van der Waals surface area (Å²) in [6.45, 7) is 0.508. The Morgan fingerprint density at radius 1 is 0.800 bits per heavy atom. The molecule has 0 aliphatic carbocycles. The quantitative estimate of drug-likeness (QED) is 0.711. The van der Waals surface area contributed by atoms with Crippen LogP contribution in [0, 0.1) is 0 Å². The van der Waals surface area contributed by atoms with Crippen LogP contribution in [0.25, 0.3) is 10.8 Å². The van der Waals surface area contributed by atoms with Crippen molar-refractivity contribution in [2.45, 2.75) is 6.61 Å². The summed E-state index contributed by atoms with van der Waals surface area (Å²) in [6.07, 6.45) is 0. The zero-order valence-corrected chi connectivity index (χ0v) is 11.0. The average molecular weight is 264 g/mol. The Morgan fingerprint density at radius 3 is 2.20 bits per heavy atom. The monoisotopic (exact) mass is 264 g/mol. The van der Waals surface area contributed by atoms with Crippen molar-refractivity contribution < 1.29 is 4.74 Å². The zero-order chi connectivity index (χ0) is 13.9. The van der Waals surface area contributed by atoms with Crippen LogP contribution in [-0.2, 0) is 6.61 Å². The van der Waals surface area contributed by atoms with Gasteiger partial charge < -0.3 is 16.2 Å². The molecule has 0 radical (unpaired) electrons. The SMILES string of the molecule is Nc1cc(OCc2ccccc2)c2ccccc2c1N. The molecule has 0 saturated carbocycles. The van der Waals surface area contributed by atoms with Gasteiger partial charge in [-0.05, 0) is 5.56 Å². The lowest BCUT2D eigenvalue weighted by atomic mass is 10.1. The fourth-order valence-corrected chi connectivity index (χ4v) is 2.24. The molecule has 0 aliphatic heterocycles. The summed E-state index contributed by atoms with van der Waals surface area (Å²) in [6, 6.07) is 19.7. The maximum atomic E-state index is 6.01. The predicted molar refractivity (Wildman–Crippen MR) is 83.5 cm³/mol. The second kappa shape index (κ2) is 5.13. The Morgan fingerprint density at radius 2 is 1.45 bits per heavy atom. The summed E-state index contributed by atoms with van der Waals surface area (Å²) in [7, 11) is 0. The number of benzene rings is 3. The Bertz CT molecular complexity index is 739. The molecule has 0 bridgehead atoms. The first-order valence-corrected chi connectivity index (χ1v) is 6.49. The lowest BCUT2D eigenvalue weighted by molar-refractivity contribution is 0.310. The van der Waals surface area contributed by atoms with Gasteiger partial charge in [0.05, 0.1) is 11.4 Å². The lowest BCUT2D eigenvalue weighted by Gasteiger charge is -2.13. The van der Waals surface area contributed by atoms with E-state index in [2.05, 4.69) is 0 Å². The molecule has 0 saturated heterocycles. The van der Waals surface area contributed by atoms with E-state index >= 15 is 0 Å². The molecular weight excluding hydrogens is 248 g/mol. The highest BCUT2D eigenvalue weighted by molar-refractivity contribution is 6.02. The van der Waals surface area contributed by atoms with Gasteiger partial charge in [0.1, 0.15) is 12.4 Å². The van der Waals surface area contributed by atoms with Gasteiger partial charge in [-0.1, -0.05) is 54.6 Å². The number of hydrogen-bond acceptors (Lipinski definition) is 3. The predicted octanol–water partition coefficient (Wildman–Crippen LogP) is 3.58. The number of rotatable bonds is 3. The molecule has 3 heteroatoms. The van der Waals surface area contributed by atoms with E-state index < -0.39 is 0 Å². The number of hydrogen-bond donors (Lipinski definition) is 2. The highest BCUT2D eigenvalue weighted by Crippen LogP contribution is 2.35. The molecule has 20 heavy (non-hydrogen) atoms. The molecule has 3 rings (SSSR count). The van der Waals surface area contributed by atoms with E-state index in [1.165, 1.54) is 0 Å². The van der Waals surface area contributed by atoms with Crippen molar-refractivity contribution in [1.29, 1.82) is 0 Å². The number of nitrogen functional groups attached to an aromatic ring is 2. The van der Waals surface area contributed by atoms with E-state index in [0.717, 1.165) is 22.1 Å². The Kier molecular flexibility index (Phi) is 3.17. The van der Waals surface area contributed by atoms with Gasteiger partial charge in [-0.3, -0.25) is 0 Å². The number of anilines is 2. The zero-order valence-electron chi connectivity index (χ0n) is 11.0. The normalized spacial score (nSPS) is 10.6. The highest BCUT2D eigenvalue weighted by atomic mass is 16.5. The maximum absolute atomic E-state index is 6.01. The third-order valence-electron chi connectivity index (χ3n) is 3.32. The van der Waals surface area contributed by atoms with Crippen molar-refractivity contribution in [1.82, 2.24) is 0 Å². The molecule has 4 N–H and O–H groups in total. The Labute approximate surface area is 117 Å². The summed E-state index contributed by atoms with van der Waals surface area (Å²) < 4.78 is 5.91. The fraction of sp³-hybridized carbons (Fsp3) is 0.0588. The number of fused-ring (bicyclic) bond motifs is 1. The molecule has 0 heterocycles. The third-order valence-corrected chi connectivity index (χ3v) is 3.32. The highest BCUT2D eigenvalue weighted by Gasteiger charge is 2.08. The summed E-state index contributed by atoms with van der Waals surface area (Å²) in [5.74, 6) is 0.760. The van der Waals surface area contributed by atoms with Gasteiger partial charge in [-0.15, -0.1) is 0 Å². The first kappa shape index (κ1) is 12.4. The summed E-state index contributed by atoms with van der Waals surface area (Å²) in [5, 5.41) is 1.91. The van der Waals surface area contributed by atoms with E-state index in [4.69, 9.17) is 16.2 Å². The van der Waals surface area contributed by atoms with Crippen LogP contribution in [-0.4, -0.2) is 0 Å². The molecule has 0 spiro atoms. The van der Waals surface area contributed by atoms with E-state index in [1.807, 2.05) is 54.6 Å². The van der Waals surface area contributed by atoms with Crippen LogP contribution in [0.5, 0.6) is 5.75 Å². The van der Waals surface area contributed by atoms with Gasteiger partial charge in [0.2, 0.25) is 0 Å². The Hall–Kier alpha value is -2.68. The molecule has 3 nitrogen and oxygen atoms in total. The summed E-state index contributed by atoms with van der Waals surface area (Å²) in [5.41, 5.74) is 14.2. The van der Waals surface area contributed by atoms with E-state index in [-0.39, 0.29) is 0 Å². The van der Waals surface area contributed by atoms with Gasteiger partial charge in [-0.2, -0.15) is 0 Å². The van der Waals surface area contributed by atoms with Crippen molar-refractivity contribution in [3.63, 3.8) is 0 Å². The van der Waals surface area contributed by atoms with Gasteiger partial charge in [0.25, 0.3) is 0 Å². The molecule has 0 unspecified atom stereocenters. The minimum absolute atomic E-state index is 0.508. The fourth-order valence-electron chi connectivity index (χ4n) is 2.24. The summed E-state index contributed by atoms with van der Waals surface area (Å²) in [4.78, 5) is 0. The molecule has 0 atom stereocenters. The van der Waals surface area contributed by atoms with Crippen LogP contribution in [0.1, 0.15) is 5.56 Å². The van der Waals surface area contributed by atoms with Crippen molar-refractivity contribution >= 4 is 22.1 Å². The minimum Gasteiger partial charge on any atom is -0.488 e. The van der Waals surface area contributed by atoms with Crippen molar-refractivity contribution in [2.24, 2.45) is 0 Å². The number of nitrogens with two attached hydrogens (primary N) is 2. The molecule has 0 fully saturated rings. The minimum atomic E-state index is 0.508. The van der Waals surface area contributed by atoms with Crippen LogP contribution in [0.15, 0.2) is 60.7 Å². The first-order valence-electron chi connectivity index (χ1n) is 6.49. The van der Waals surface area contributed by atoms with Crippen LogP contribution in [0.2, 0.25) is 0 Å². The molecule has 100 valence electrons. The van der Waals surface area contributed by atoms with Crippen LogP contribution in [0.3, 0.4) is 0 Å². The van der Waals surface area contributed by atoms with Gasteiger partial charge in [0, 0.05) is 16.8 Å². The van der Waals surface area contributed by atoms with Crippen LogP contribution >= 0.6 is 0 Å². The molecule has 0 amide bonds. The molecule has 0 aliphatic rings. The topological polar surface area (TPSA) is 61.3 Å². The van der Waals surface area contributed by atoms with Crippen molar-refractivity contribution in [2.75, 3.05) is 11.5 Å². The second-order valence-corrected chi connectivity index (χ2v) is 4.70. The second-order valence-electron chi connectivity index (χ2n) is 4.70. The Balaban J connectivity index is 1.97. The maximum Gasteiger partial charge on any atom is 0.129 e.